The van der Waals surface area contributed by atoms with Gasteiger partial charge < -0.3 is 9.47 Å². The number of benzene rings is 1. The fraction of sp³-hybridized carbons (Fsp3) is 0.667. The second-order valence-electron chi connectivity index (χ2n) is 7.37. The van der Waals surface area contributed by atoms with Crippen LogP contribution in [0.1, 0.15) is 45.6 Å². The van der Waals surface area contributed by atoms with E-state index in [1.807, 2.05) is 12.1 Å². The zero-order valence-corrected chi connectivity index (χ0v) is 15.0. The van der Waals surface area contributed by atoms with Crippen LogP contribution in [0.4, 0.5) is 0 Å². The molecule has 2 nitrogen and oxygen atoms in total. The molecule has 0 N–H and O–H groups in total. The number of ether oxygens (including phenoxy) is 2. The minimum absolute atomic E-state index is 0.316. The smallest absolute Gasteiger partial charge is 0.124 e. The summed E-state index contributed by atoms with van der Waals surface area (Å²) >= 11 is 3.53. The summed E-state index contributed by atoms with van der Waals surface area (Å²) in [5, 5.41) is 0. The van der Waals surface area contributed by atoms with E-state index in [1.165, 1.54) is 19.3 Å². The highest BCUT2D eigenvalue weighted by Gasteiger charge is 2.61. The largest absolute Gasteiger partial charge is 0.496 e. The number of halogens is 1. The molecule has 3 unspecified atom stereocenters. The number of fused-ring (bicyclic) bond motifs is 2. The van der Waals surface area contributed by atoms with Crippen LogP contribution in [0, 0.1) is 16.7 Å². The maximum Gasteiger partial charge on any atom is 0.124 e. The fourth-order valence-electron chi connectivity index (χ4n) is 4.43. The van der Waals surface area contributed by atoms with Crippen LogP contribution >= 0.6 is 15.9 Å². The summed E-state index contributed by atoms with van der Waals surface area (Å²) in [5.41, 5.74) is 1.84. The Bertz CT molecular complexity index is 540. The van der Waals surface area contributed by atoms with Gasteiger partial charge in [-0.3, -0.25) is 0 Å². The lowest BCUT2D eigenvalue weighted by Gasteiger charge is -2.39. The van der Waals surface area contributed by atoms with Crippen LogP contribution in [0.2, 0.25) is 0 Å². The number of rotatable bonds is 4. The summed E-state index contributed by atoms with van der Waals surface area (Å²) in [6, 6.07) is 6.10. The number of methoxy groups -OCH3 is 1. The van der Waals surface area contributed by atoms with Gasteiger partial charge in [-0.25, -0.2) is 0 Å². The molecule has 0 aliphatic heterocycles. The summed E-state index contributed by atoms with van der Waals surface area (Å²) in [5.74, 6) is 1.72. The molecule has 0 amide bonds. The topological polar surface area (TPSA) is 18.5 Å². The third-order valence-corrected chi connectivity index (χ3v) is 6.89. The minimum Gasteiger partial charge on any atom is -0.496 e. The fourth-order valence-corrected chi connectivity index (χ4v) is 4.84. The molecule has 2 aliphatic rings. The van der Waals surface area contributed by atoms with Gasteiger partial charge >= 0.3 is 0 Å². The molecule has 0 aromatic heterocycles. The highest BCUT2D eigenvalue weighted by molar-refractivity contribution is 9.10. The Hall–Kier alpha value is -0.540. The van der Waals surface area contributed by atoms with Gasteiger partial charge in [-0.15, -0.1) is 0 Å². The first kappa shape index (κ1) is 15.4. The average molecular weight is 353 g/mol. The Balaban J connectivity index is 1.74. The van der Waals surface area contributed by atoms with E-state index in [0.29, 0.717) is 23.5 Å². The Morgan fingerprint density at radius 3 is 2.62 bits per heavy atom. The van der Waals surface area contributed by atoms with Gasteiger partial charge in [0.05, 0.1) is 19.8 Å². The van der Waals surface area contributed by atoms with Crippen molar-refractivity contribution in [2.75, 3.05) is 7.11 Å². The van der Waals surface area contributed by atoms with Crippen molar-refractivity contribution >= 4 is 15.9 Å². The van der Waals surface area contributed by atoms with Gasteiger partial charge in [0.1, 0.15) is 5.75 Å². The minimum atomic E-state index is 0.316. The monoisotopic (exact) mass is 352 g/mol. The van der Waals surface area contributed by atoms with Crippen LogP contribution in [0.3, 0.4) is 0 Å². The Labute approximate surface area is 136 Å². The molecule has 1 aromatic carbocycles. The molecule has 116 valence electrons. The van der Waals surface area contributed by atoms with Gasteiger partial charge in [0.25, 0.3) is 0 Å². The maximum atomic E-state index is 6.36. The third-order valence-electron chi connectivity index (χ3n) is 6.40. The van der Waals surface area contributed by atoms with E-state index in [2.05, 4.69) is 42.8 Å². The standard InChI is InChI=1S/C18H25BrO2/c1-17(2)13-7-8-18(17,3)16(10-13)21-11-12-9-14(19)5-6-15(12)20-4/h5-6,9,13,16H,7-8,10-11H2,1-4H3. The first-order valence-corrected chi connectivity index (χ1v) is 8.62. The van der Waals surface area contributed by atoms with Gasteiger partial charge in [-0.05, 0) is 54.2 Å². The Morgan fingerprint density at radius 2 is 2.05 bits per heavy atom. The van der Waals surface area contributed by atoms with Crippen molar-refractivity contribution in [2.24, 2.45) is 16.7 Å². The van der Waals surface area contributed by atoms with E-state index < -0.39 is 0 Å². The average Bonchev–Trinajstić information content (AvgIpc) is 2.78. The van der Waals surface area contributed by atoms with Gasteiger partial charge in [0.2, 0.25) is 0 Å². The predicted octanol–water partition coefficient (Wildman–Crippen LogP) is 5.19. The molecule has 2 bridgehead atoms. The first-order valence-electron chi connectivity index (χ1n) is 7.82. The molecule has 3 rings (SSSR count). The third kappa shape index (κ3) is 2.33. The molecule has 0 spiro atoms. The molecule has 2 fully saturated rings. The van der Waals surface area contributed by atoms with E-state index in [0.717, 1.165) is 21.7 Å². The highest BCUT2D eigenvalue weighted by Crippen LogP contribution is 2.66. The Morgan fingerprint density at radius 1 is 1.29 bits per heavy atom. The summed E-state index contributed by atoms with van der Waals surface area (Å²) in [7, 11) is 1.72. The van der Waals surface area contributed by atoms with Crippen molar-refractivity contribution in [2.45, 2.75) is 52.7 Å². The van der Waals surface area contributed by atoms with Crippen molar-refractivity contribution in [3.05, 3.63) is 28.2 Å². The zero-order valence-electron chi connectivity index (χ0n) is 13.4. The molecule has 2 saturated carbocycles. The van der Waals surface area contributed by atoms with Crippen LogP contribution < -0.4 is 4.74 Å². The molecule has 21 heavy (non-hydrogen) atoms. The second-order valence-corrected chi connectivity index (χ2v) is 8.28. The molecule has 0 heterocycles. The normalized spacial score (nSPS) is 33.4. The lowest BCUT2D eigenvalue weighted by atomic mass is 9.70. The molecule has 0 saturated heterocycles. The second kappa shape index (κ2) is 5.27. The van der Waals surface area contributed by atoms with Gasteiger partial charge in [0, 0.05) is 10.0 Å². The number of hydrogen-bond donors (Lipinski definition) is 0. The predicted molar refractivity (Wildman–Crippen MR) is 88.5 cm³/mol. The van der Waals surface area contributed by atoms with Crippen LogP contribution in [-0.4, -0.2) is 13.2 Å². The van der Waals surface area contributed by atoms with Gasteiger partial charge in [-0.2, -0.15) is 0 Å². The zero-order chi connectivity index (χ0) is 15.3. The van der Waals surface area contributed by atoms with Crippen LogP contribution in [0.25, 0.3) is 0 Å². The van der Waals surface area contributed by atoms with Crippen molar-refractivity contribution in [1.29, 1.82) is 0 Å². The molecular formula is C18H25BrO2. The lowest BCUT2D eigenvalue weighted by molar-refractivity contribution is -0.0554. The van der Waals surface area contributed by atoms with E-state index in [1.54, 1.807) is 7.11 Å². The first-order chi connectivity index (χ1) is 9.88. The summed E-state index contributed by atoms with van der Waals surface area (Å²) in [4.78, 5) is 0. The van der Waals surface area contributed by atoms with Crippen LogP contribution in [0.15, 0.2) is 22.7 Å². The Kier molecular flexibility index (Phi) is 3.86. The molecule has 0 radical (unpaired) electrons. The van der Waals surface area contributed by atoms with Crippen molar-refractivity contribution in [3.63, 3.8) is 0 Å². The lowest BCUT2D eigenvalue weighted by Crippen LogP contribution is -2.37. The molecule has 1 aromatic rings. The number of hydrogen-bond acceptors (Lipinski definition) is 2. The van der Waals surface area contributed by atoms with E-state index in [-0.39, 0.29) is 0 Å². The molecule has 3 atom stereocenters. The van der Waals surface area contributed by atoms with Crippen molar-refractivity contribution in [1.82, 2.24) is 0 Å². The van der Waals surface area contributed by atoms with Crippen molar-refractivity contribution < 1.29 is 9.47 Å². The van der Waals surface area contributed by atoms with Crippen molar-refractivity contribution in [3.8, 4) is 5.75 Å². The molecule has 3 heteroatoms. The van der Waals surface area contributed by atoms with Crippen LogP contribution in [0.5, 0.6) is 5.75 Å². The quantitative estimate of drug-likeness (QED) is 0.742. The summed E-state index contributed by atoms with van der Waals surface area (Å²) < 4.78 is 12.9. The molecule has 2 aliphatic carbocycles. The van der Waals surface area contributed by atoms with Gasteiger partial charge in [0.15, 0.2) is 0 Å². The summed E-state index contributed by atoms with van der Waals surface area (Å²) in [6.45, 7) is 7.90. The SMILES string of the molecule is COc1ccc(Br)cc1COC1CC2CCC1(C)C2(C)C. The maximum absolute atomic E-state index is 6.36. The van der Waals surface area contributed by atoms with E-state index in [4.69, 9.17) is 9.47 Å². The summed E-state index contributed by atoms with van der Waals surface area (Å²) in [6.07, 6.45) is 4.24. The highest BCUT2D eigenvalue weighted by atomic mass is 79.9. The van der Waals surface area contributed by atoms with Gasteiger partial charge in [-0.1, -0.05) is 36.7 Å². The molecular weight excluding hydrogens is 328 g/mol. The van der Waals surface area contributed by atoms with Crippen LogP contribution in [-0.2, 0) is 11.3 Å². The van der Waals surface area contributed by atoms with E-state index in [9.17, 15) is 0 Å². The van der Waals surface area contributed by atoms with E-state index >= 15 is 0 Å².